The number of hydrogen-bond acceptors (Lipinski definition) is 2. The van der Waals surface area contributed by atoms with Gasteiger partial charge in [-0.15, -0.1) is 0 Å². The van der Waals surface area contributed by atoms with Gasteiger partial charge in [-0.25, -0.2) is 0 Å². The van der Waals surface area contributed by atoms with Crippen LogP contribution in [0.4, 0.5) is 0 Å². The van der Waals surface area contributed by atoms with Gasteiger partial charge in [0, 0.05) is 19.1 Å². The molecule has 94 valence electrons. The number of nitrogens with one attached hydrogen (secondary N) is 1. The lowest BCUT2D eigenvalue weighted by Crippen LogP contribution is -2.41. The molecule has 0 spiro atoms. The summed E-state index contributed by atoms with van der Waals surface area (Å²) in [5.74, 6) is 0.849. The van der Waals surface area contributed by atoms with E-state index in [1.54, 1.807) is 0 Å². The van der Waals surface area contributed by atoms with Crippen LogP contribution >= 0.6 is 0 Å². The zero-order valence-electron chi connectivity index (χ0n) is 11.4. The Morgan fingerprint density at radius 2 is 2.19 bits per heavy atom. The fourth-order valence-corrected chi connectivity index (χ4v) is 2.21. The van der Waals surface area contributed by atoms with Crippen molar-refractivity contribution in [2.45, 2.75) is 46.6 Å². The molecule has 0 bridgehead atoms. The first-order valence-corrected chi connectivity index (χ1v) is 6.67. The smallest absolute Gasteiger partial charge is 0.0168 e. The van der Waals surface area contributed by atoms with Gasteiger partial charge in [0.25, 0.3) is 0 Å². The third-order valence-corrected chi connectivity index (χ3v) is 3.36. The van der Waals surface area contributed by atoms with Crippen molar-refractivity contribution in [3.63, 3.8) is 0 Å². The van der Waals surface area contributed by atoms with E-state index in [2.05, 4.69) is 44.0 Å². The molecular formula is C14H28N2. The van der Waals surface area contributed by atoms with Gasteiger partial charge in [0.1, 0.15) is 0 Å². The van der Waals surface area contributed by atoms with Crippen LogP contribution in [-0.2, 0) is 0 Å². The molecule has 1 N–H and O–H groups in total. The van der Waals surface area contributed by atoms with Gasteiger partial charge in [0.05, 0.1) is 0 Å². The Hall–Kier alpha value is -0.340. The van der Waals surface area contributed by atoms with Crippen LogP contribution in [0.2, 0.25) is 0 Å². The van der Waals surface area contributed by atoms with Crippen molar-refractivity contribution in [2.75, 3.05) is 26.2 Å². The molecule has 1 atom stereocenters. The third-order valence-electron chi connectivity index (χ3n) is 3.36. The van der Waals surface area contributed by atoms with Crippen molar-refractivity contribution >= 4 is 0 Å². The van der Waals surface area contributed by atoms with Crippen LogP contribution in [0.1, 0.15) is 40.5 Å². The van der Waals surface area contributed by atoms with E-state index in [0.29, 0.717) is 6.04 Å². The largest absolute Gasteiger partial charge is 0.316 e. The molecule has 1 rings (SSSR count). The highest BCUT2D eigenvalue weighted by Gasteiger charge is 2.17. The standard InChI is InChI=1S/C14H28N2/c1-12(2)7-9-16(13(3)4)11-14-6-5-8-15-10-14/h7,13-15H,5-6,8-11H2,1-4H3. The van der Waals surface area contributed by atoms with Crippen LogP contribution in [0.15, 0.2) is 11.6 Å². The van der Waals surface area contributed by atoms with Crippen LogP contribution in [0.5, 0.6) is 0 Å². The highest BCUT2D eigenvalue weighted by molar-refractivity contribution is 4.95. The summed E-state index contributed by atoms with van der Waals surface area (Å²) in [6.07, 6.45) is 5.08. The molecule has 1 fully saturated rings. The quantitative estimate of drug-likeness (QED) is 0.722. The van der Waals surface area contributed by atoms with Gasteiger partial charge in [-0.05, 0) is 59.5 Å². The van der Waals surface area contributed by atoms with Gasteiger partial charge >= 0.3 is 0 Å². The molecule has 1 unspecified atom stereocenters. The fraction of sp³-hybridized carbons (Fsp3) is 0.857. The van der Waals surface area contributed by atoms with Crippen molar-refractivity contribution in [1.82, 2.24) is 10.2 Å². The lowest BCUT2D eigenvalue weighted by atomic mass is 9.98. The Balaban J connectivity index is 2.40. The Labute approximate surface area is 101 Å². The normalized spacial score (nSPS) is 21.5. The molecule has 2 heteroatoms. The zero-order valence-corrected chi connectivity index (χ0v) is 11.4. The summed E-state index contributed by atoms with van der Waals surface area (Å²) in [6, 6.07) is 0.650. The maximum atomic E-state index is 3.50. The SMILES string of the molecule is CC(C)=CCN(CC1CCCNC1)C(C)C. The number of allylic oxidation sites excluding steroid dienone is 1. The molecule has 16 heavy (non-hydrogen) atoms. The maximum absolute atomic E-state index is 3.50. The van der Waals surface area contributed by atoms with Crippen molar-refractivity contribution in [1.29, 1.82) is 0 Å². The molecule has 1 heterocycles. The van der Waals surface area contributed by atoms with Crippen LogP contribution in [-0.4, -0.2) is 37.1 Å². The molecule has 1 aliphatic rings. The summed E-state index contributed by atoms with van der Waals surface area (Å²) < 4.78 is 0. The van der Waals surface area contributed by atoms with Crippen LogP contribution in [0.3, 0.4) is 0 Å². The first-order chi connectivity index (χ1) is 7.59. The number of piperidine rings is 1. The van der Waals surface area contributed by atoms with E-state index in [0.717, 1.165) is 12.5 Å². The second kappa shape index (κ2) is 7.08. The van der Waals surface area contributed by atoms with Gasteiger partial charge in [0.15, 0.2) is 0 Å². The molecular weight excluding hydrogens is 196 g/mol. The monoisotopic (exact) mass is 224 g/mol. The second-order valence-electron chi connectivity index (χ2n) is 5.54. The Morgan fingerprint density at radius 3 is 2.69 bits per heavy atom. The lowest BCUT2D eigenvalue weighted by molar-refractivity contribution is 0.188. The van der Waals surface area contributed by atoms with Crippen molar-refractivity contribution in [3.8, 4) is 0 Å². The summed E-state index contributed by atoms with van der Waals surface area (Å²) in [5.41, 5.74) is 1.42. The topological polar surface area (TPSA) is 15.3 Å². The van der Waals surface area contributed by atoms with Crippen LogP contribution < -0.4 is 5.32 Å². The summed E-state index contributed by atoms with van der Waals surface area (Å²) in [4.78, 5) is 2.59. The molecule has 2 nitrogen and oxygen atoms in total. The van der Waals surface area contributed by atoms with E-state index in [1.807, 2.05) is 0 Å². The minimum absolute atomic E-state index is 0.650. The van der Waals surface area contributed by atoms with E-state index in [9.17, 15) is 0 Å². The van der Waals surface area contributed by atoms with E-state index >= 15 is 0 Å². The summed E-state index contributed by atoms with van der Waals surface area (Å²) in [7, 11) is 0. The first-order valence-electron chi connectivity index (χ1n) is 6.67. The van der Waals surface area contributed by atoms with E-state index < -0.39 is 0 Å². The summed E-state index contributed by atoms with van der Waals surface area (Å²) in [5, 5.41) is 3.50. The molecule has 1 saturated heterocycles. The molecule has 0 aromatic rings. The molecule has 0 amide bonds. The second-order valence-corrected chi connectivity index (χ2v) is 5.54. The molecule has 1 aliphatic heterocycles. The van der Waals surface area contributed by atoms with E-state index in [1.165, 1.54) is 38.0 Å². The number of rotatable bonds is 5. The van der Waals surface area contributed by atoms with Crippen molar-refractivity contribution in [3.05, 3.63) is 11.6 Å². The van der Waals surface area contributed by atoms with Crippen molar-refractivity contribution < 1.29 is 0 Å². The molecule has 0 aliphatic carbocycles. The minimum Gasteiger partial charge on any atom is -0.316 e. The highest BCUT2D eigenvalue weighted by atomic mass is 15.1. The Kier molecular flexibility index (Phi) is 6.07. The average Bonchev–Trinajstić information content (AvgIpc) is 2.25. The van der Waals surface area contributed by atoms with Crippen LogP contribution in [0.25, 0.3) is 0 Å². The van der Waals surface area contributed by atoms with E-state index in [4.69, 9.17) is 0 Å². The Morgan fingerprint density at radius 1 is 1.44 bits per heavy atom. The number of hydrogen-bond donors (Lipinski definition) is 1. The van der Waals surface area contributed by atoms with Crippen LogP contribution in [0, 0.1) is 5.92 Å². The Bertz CT molecular complexity index is 211. The first kappa shape index (κ1) is 13.7. The fourth-order valence-electron chi connectivity index (χ4n) is 2.21. The molecule has 0 aromatic carbocycles. The zero-order chi connectivity index (χ0) is 12.0. The van der Waals surface area contributed by atoms with Gasteiger partial charge in [-0.3, -0.25) is 4.90 Å². The molecule has 0 saturated carbocycles. The van der Waals surface area contributed by atoms with E-state index in [-0.39, 0.29) is 0 Å². The van der Waals surface area contributed by atoms with Gasteiger partial charge in [0.2, 0.25) is 0 Å². The summed E-state index contributed by atoms with van der Waals surface area (Å²) >= 11 is 0. The lowest BCUT2D eigenvalue weighted by Gasteiger charge is -2.32. The van der Waals surface area contributed by atoms with Crippen molar-refractivity contribution in [2.24, 2.45) is 5.92 Å². The van der Waals surface area contributed by atoms with Gasteiger partial charge in [-0.2, -0.15) is 0 Å². The molecule has 0 aromatic heterocycles. The number of nitrogens with zero attached hydrogens (tertiary/aromatic N) is 1. The predicted octanol–water partition coefficient (Wildman–Crippen LogP) is 2.66. The predicted molar refractivity (Wildman–Crippen MR) is 71.7 cm³/mol. The highest BCUT2D eigenvalue weighted by Crippen LogP contribution is 2.13. The third kappa shape index (κ3) is 5.13. The summed E-state index contributed by atoms with van der Waals surface area (Å²) in [6.45, 7) is 13.7. The molecule has 0 radical (unpaired) electrons. The average molecular weight is 224 g/mol. The minimum atomic E-state index is 0.650. The van der Waals surface area contributed by atoms with Gasteiger partial charge in [-0.1, -0.05) is 11.6 Å². The maximum Gasteiger partial charge on any atom is 0.0168 e. The van der Waals surface area contributed by atoms with Gasteiger partial charge < -0.3 is 5.32 Å².